The standard InChI is InChI=1S/C35H34ClN5O6S2/c1-22(2)47-40-27(29(42)38-28-30(43)41-20-34(19-36,32(44)45)21-49(46)31(28)41)26-18-48-33(37-26)39-35(23-12-6-3-7-13-23,24-14-8-4-9-15-24)25-16-10-5-11-17-25/h3-18,22,28,31H,19-21H2,1-2H3,(H,37,39)(H,38,42)(H,44,45)/t28?,31-,34?,49?/m1/s1. The molecule has 0 spiro atoms. The summed E-state index contributed by atoms with van der Waals surface area (Å²) in [6.07, 6.45) is -0.368. The monoisotopic (exact) mass is 719 g/mol. The minimum Gasteiger partial charge on any atom is -0.481 e. The summed E-state index contributed by atoms with van der Waals surface area (Å²) >= 11 is 7.23. The number of fused-ring (bicyclic) bond motifs is 1. The lowest BCUT2D eigenvalue weighted by molar-refractivity contribution is -0.157. The number of benzene rings is 3. The molecule has 3 N–H and O–H groups in total. The first-order valence-electron chi connectivity index (χ1n) is 15.5. The van der Waals surface area contributed by atoms with Gasteiger partial charge < -0.3 is 25.5 Å². The third kappa shape index (κ3) is 6.45. The molecule has 2 aliphatic heterocycles. The van der Waals surface area contributed by atoms with E-state index in [1.165, 1.54) is 16.2 Å². The molecular formula is C35H34ClN5O6S2. The summed E-state index contributed by atoms with van der Waals surface area (Å²) in [4.78, 5) is 50.3. The molecule has 0 bridgehead atoms. The van der Waals surface area contributed by atoms with Gasteiger partial charge in [0.2, 0.25) is 5.91 Å². The number of carboxylic acid groups (broad SMARTS) is 1. The maximum absolute atomic E-state index is 13.8. The molecule has 2 aliphatic rings. The topological polar surface area (TPSA) is 150 Å². The molecule has 3 unspecified atom stereocenters. The Morgan fingerprint density at radius 2 is 1.61 bits per heavy atom. The molecule has 6 rings (SSSR count). The van der Waals surface area contributed by atoms with Crippen molar-refractivity contribution in [3.05, 3.63) is 119 Å². The highest BCUT2D eigenvalue weighted by atomic mass is 35.5. The van der Waals surface area contributed by atoms with Gasteiger partial charge in [-0.15, -0.1) is 22.9 Å². The van der Waals surface area contributed by atoms with E-state index in [0.29, 0.717) is 5.13 Å². The fourth-order valence-electron chi connectivity index (χ4n) is 6.07. The molecule has 2 saturated heterocycles. The van der Waals surface area contributed by atoms with Gasteiger partial charge in [0.1, 0.15) is 34.2 Å². The van der Waals surface area contributed by atoms with E-state index in [1.54, 1.807) is 19.2 Å². The maximum Gasteiger partial charge on any atom is 0.313 e. The zero-order valence-corrected chi connectivity index (χ0v) is 29.0. The van der Waals surface area contributed by atoms with Gasteiger partial charge in [0.05, 0.1) is 0 Å². The normalized spacial score (nSPS) is 22.2. The number of β-lactam (4-membered cyclic amide) rings is 1. The third-order valence-electron chi connectivity index (χ3n) is 8.53. The molecule has 1 aromatic heterocycles. The number of rotatable bonds is 12. The molecule has 2 amide bonds. The predicted molar refractivity (Wildman–Crippen MR) is 189 cm³/mol. The van der Waals surface area contributed by atoms with E-state index < -0.39 is 51.0 Å². The highest BCUT2D eigenvalue weighted by Crippen LogP contribution is 2.41. The minimum absolute atomic E-state index is 0.170. The van der Waals surface area contributed by atoms with Crippen LogP contribution in [0.1, 0.15) is 36.2 Å². The largest absolute Gasteiger partial charge is 0.481 e. The molecule has 254 valence electrons. The number of carboxylic acids is 1. The number of aliphatic carboxylic acids is 1. The van der Waals surface area contributed by atoms with Crippen molar-refractivity contribution in [2.75, 3.05) is 23.5 Å². The van der Waals surface area contributed by atoms with Crippen molar-refractivity contribution >= 4 is 62.4 Å². The predicted octanol–water partition coefficient (Wildman–Crippen LogP) is 4.40. The van der Waals surface area contributed by atoms with Gasteiger partial charge in [-0.1, -0.05) is 96.2 Å². The second-order valence-electron chi connectivity index (χ2n) is 12.2. The van der Waals surface area contributed by atoms with Crippen LogP contribution in [0.3, 0.4) is 0 Å². The quantitative estimate of drug-likeness (QED) is 0.0642. The molecule has 4 atom stereocenters. The lowest BCUT2D eigenvalue weighted by atomic mass is 9.77. The van der Waals surface area contributed by atoms with Crippen LogP contribution in [0, 0.1) is 5.41 Å². The first-order chi connectivity index (χ1) is 23.6. The highest BCUT2D eigenvalue weighted by Gasteiger charge is 2.60. The van der Waals surface area contributed by atoms with Gasteiger partial charge in [0.25, 0.3) is 5.91 Å². The van der Waals surface area contributed by atoms with Crippen molar-refractivity contribution in [1.29, 1.82) is 0 Å². The van der Waals surface area contributed by atoms with Crippen LogP contribution in [0.15, 0.2) is 102 Å². The smallest absolute Gasteiger partial charge is 0.313 e. The zero-order chi connectivity index (χ0) is 34.8. The summed E-state index contributed by atoms with van der Waals surface area (Å²) in [5.74, 6) is -3.06. The van der Waals surface area contributed by atoms with Crippen molar-refractivity contribution in [1.82, 2.24) is 15.2 Å². The van der Waals surface area contributed by atoms with Gasteiger partial charge in [-0.3, -0.25) is 18.6 Å². The van der Waals surface area contributed by atoms with Crippen LogP contribution in [-0.2, 0) is 35.6 Å². The number of oxime groups is 1. The average molecular weight is 720 g/mol. The van der Waals surface area contributed by atoms with Crippen molar-refractivity contribution in [2.24, 2.45) is 10.6 Å². The lowest BCUT2D eigenvalue weighted by Gasteiger charge is -2.53. The second kappa shape index (κ2) is 14.1. The molecular weight excluding hydrogens is 686 g/mol. The van der Waals surface area contributed by atoms with Gasteiger partial charge in [-0.05, 0) is 30.5 Å². The van der Waals surface area contributed by atoms with E-state index in [9.17, 15) is 23.7 Å². The number of hydrogen-bond acceptors (Lipinski definition) is 9. The third-order valence-corrected chi connectivity index (χ3v) is 11.7. The molecule has 0 aliphatic carbocycles. The van der Waals surface area contributed by atoms with Crippen LogP contribution in [-0.4, -0.2) is 78.4 Å². The Balaban J connectivity index is 1.32. The number of hydrogen-bond donors (Lipinski definition) is 3. The number of carbonyl (C=O) groups excluding carboxylic acids is 2. The van der Waals surface area contributed by atoms with Crippen molar-refractivity contribution in [2.45, 2.75) is 36.9 Å². The van der Waals surface area contributed by atoms with Gasteiger partial charge in [0.15, 0.2) is 10.8 Å². The SMILES string of the molecule is CC(C)ON=C(C(=O)NC1C(=O)N2CC(CCl)(C(=O)O)CS(=O)[C@H]12)c1csc(NC(c2ccccc2)(c2ccccc2)c2ccccc2)n1. The number of nitrogens with one attached hydrogen (secondary N) is 2. The number of aromatic nitrogens is 1. The van der Waals surface area contributed by atoms with E-state index in [2.05, 4.69) is 15.8 Å². The minimum atomic E-state index is -1.79. The number of carbonyl (C=O) groups is 3. The number of thiazole rings is 1. The van der Waals surface area contributed by atoms with Crippen molar-refractivity contribution in [3.63, 3.8) is 0 Å². The van der Waals surface area contributed by atoms with Crippen LogP contribution in [0.25, 0.3) is 0 Å². The molecule has 4 aromatic rings. The van der Waals surface area contributed by atoms with E-state index in [0.717, 1.165) is 16.7 Å². The Bertz CT molecular complexity index is 1800. The van der Waals surface area contributed by atoms with E-state index >= 15 is 0 Å². The molecule has 3 aromatic carbocycles. The molecule has 3 heterocycles. The number of alkyl halides is 1. The van der Waals surface area contributed by atoms with Gasteiger partial charge in [0, 0.05) is 34.4 Å². The molecule has 0 saturated carbocycles. The first-order valence-corrected chi connectivity index (χ1v) is 18.3. The molecule has 11 nitrogen and oxygen atoms in total. The van der Waals surface area contributed by atoms with E-state index in [-0.39, 0.29) is 35.7 Å². The molecule has 0 radical (unpaired) electrons. The zero-order valence-electron chi connectivity index (χ0n) is 26.6. The maximum atomic E-state index is 13.8. The molecule has 2 fully saturated rings. The van der Waals surface area contributed by atoms with Crippen molar-refractivity contribution in [3.8, 4) is 0 Å². The number of nitrogens with zero attached hydrogens (tertiary/aromatic N) is 3. The summed E-state index contributed by atoms with van der Waals surface area (Å²) in [6.45, 7) is 3.31. The number of halogens is 1. The Labute approximate surface area is 294 Å². The van der Waals surface area contributed by atoms with Crippen LogP contribution >= 0.6 is 22.9 Å². The fourth-order valence-corrected chi connectivity index (χ4v) is 9.21. The number of anilines is 1. The van der Waals surface area contributed by atoms with Gasteiger partial charge in [-0.2, -0.15) is 0 Å². The summed E-state index contributed by atoms with van der Waals surface area (Å²) in [5, 5.41) is 21.5. The highest BCUT2D eigenvalue weighted by molar-refractivity contribution is 7.86. The van der Waals surface area contributed by atoms with Crippen LogP contribution < -0.4 is 10.6 Å². The first kappa shape index (κ1) is 34.3. The Hall–Kier alpha value is -4.59. The number of amides is 2. The summed E-state index contributed by atoms with van der Waals surface area (Å²) < 4.78 is 13.2. The van der Waals surface area contributed by atoms with Crippen molar-refractivity contribution < 1.29 is 28.5 Å². The lowest BCUT2D eigenvalue weighted by Crippen LogP contribution is -2.77. The summed E-state index contributed by atoms with van der Waals surface area (Å²) in [7, 11) is -1.79. The van der Waals surface area contributed by atoms with Gasteiger partial charge >= 0.3 is 5.97 Å². The average Bonchev–Trinajstić information content (AvgIpc) is 3.58. The summed E-state index contributed by atoms with van der Waals surface area (Å²) in [5.41, 5.74) is 0.540. The fraction of sp³-hybridized carbons (Fsp3) is 0.286. The Morgan fingerprint density at radius 1 is 1.06 bits per heavy atom. The van der Waals surface area contributed by atoms with E-state index in [1.807, 2.05) is 91.0 Å². The second-order valence-corrected chi connectivity index (χ2v) is 14.8. The Morgan fingerprint density at radius 3 is 2.10 bits per heavy atom. The van der Waals surface area contributed by atoms with Gasteiger partial charge in [-0.25, -0.2) is 4.98 Å². The molecule has 49 heavy (non-hydrogen) atoms. The van der Waals surface area contributed by atoms with Crippen LogP contribution in [0.2, 0.25) is 0 Å². The van der Waals surface area contributed by atoms with Crippen LogP contribution in [0.5, 0.6) is 0 Å². The molecule has 14 heteroatoms. The van der Waals surface area contributed by atoms with E-state index in [4.69, 9.17) is 21.4 Å². The Kier molecular flexibility index (Phi) is 9.87. The summed E-state index contributed by atoms with van der Waals surface area (Å²) in [6, 6.07) is 28.8. The van der Waals surface area contributed by atoms with Crippen LogP contribution in [0.4, 0.5) is 5.13 Å².